The van der Waals surface area contributed by atoms with Gasteiger partial charge in [-0.05, 0) is 19.3 Å². The average Bonchev–Trinajstić information content (AvgIpc) is 2.94. The molecule has 0 aromatic heterocycles. The highest BCUT2D eigenvalue weighted by Crippen LogP contribution is 2.38. The molecule has 4 atom stereocenters. The summed E-state index contributed by atoms with van der Waals surface area (Å²) in [5, 5.41) is 21.0. The molecule has 5 nitrogen and oxygen atoms in total. The van der Waals surface area contributed by atoms with Gasteiger partial charge in [-0.25, -0.2) is 0 Å². The second kappa shape index (κ2) is 4.41. The number of aliphatic hydroxyl groups excluding tert-OH is 1. The number of amides is 1. The first kappa shape index (κ1) is 11.4. The molecule has 0 aromatic rings. The van der Waals surface area contributed by atoms with Crippen LogP contribution in [0.4, 0.5) is 0 Å². The van der Waals surface area contributed by atoms with Gasteiger partial charge < -0.3 is 15.5 Å². The third-order valence-corrected chi connectivity index (χ3v) is 3.60. The Hall–Kier alpha value is -1.10. The molecule has 2 aliphatic rings. The van der Waals surface area contributed by atoms with Crippen LogP contribution in [-0.2, 0) is 9.59 Å². The third kappa shape index (κ3) is 2.35. The fourth-order valence-corrected chi connectivity index (χ4v) is 2.38. The van der Waals surface area contributed by atoms with Crippen LogP contribution in [0.2, 0.25) is 0 Å². The van der Waals surface area contributed by atoms with Crippen LogP contribution in [0.1, 0.15) is 25.7 Å². The third-order valence-electron chi connectivity index (χ3n) is 3.60. The zero-order chi connectivity index (χ0) is 11.7. The van der Waals surface area contributed by atoms with E-state index in [-0.39, 0.29) is 23.8 Å². The van der Waals surface area contributed by atoms with Gasteiger partial charge in [-0.2, -0.15) is 0 Å². The summed E-state index contributed by atoms with van der Waals surface area (Å²) in [7, 11) is 0. The number of aliphatic carboxylic acids is 1. The largest absolute Gasteiger partial charge is 0.481 e. The Balaban J connectivity index is 1.71. The number of carbonyl (C=O) groups is 2. The van der Waals surface area contributed by atoms with E-state index in [4.69, 9.17) is 5.11 Å². The topological polar surface area (TPSA) is 86.6 Å². The van der Waals surface area contributed by atoms with E-state index in [1.807, 2.05) is 0 Å². The van der Waals surface area contributed by atoms with Gasteiger partial charge in [-0.15, -0.1) is 0 Å². The number of aliphatic hydroxyl groups is 1. The lowest BCUT2D eigenvalue weighted by atomic mass is 10.1. The van der Waals surface area contributed by atoms with Crippen LogP contribution in [0.15, 0.2) is 0 Å². The van der Waals surface area contributed by atoms with Crippen molar-refractivity contribution in [1.82, 2.24) is 5.32 Å². The van der Waals surface area contributed by atoms with Gasteiger partial charge in [0.15, 0.2) is 0 Å². The summed E-state index contributed by atoms with van der Waals surface area (Å²) in [4.78, 5) is 22.1. The molecule has 90 valence electrons. The molecule has 0 saturated heterocycles. The average molecular weight is 227 g/mol. The maximum Gasteiger partial charge on any atom is 0.307 e. The molecule has 0 spiro atoms. The van der Waals surface area contributed by atoms with Crippen molar-refractivity contribution in [2.75, 3.05) is 6.54 Å². The summed E-state index contributed by atoms with van der Waals surface area (Å²) >= 11 is 0. The second-order valence-electron chi connectivity index (χ2n) is 4.79. The Bertz CT molecular complexity index is 304. The molecule has 1 amide bonds. The fourth-order valence-electron chi connectivity index (χ4n) is 2.38. The van der Waals surface area contributed by atoms with Crippen molar-refractivity contribution in [2.45, 2.75) is 31.8 Å². The summed E-state index contributed by atoms with van der Waals surface area (Å²) in [5.41, 5.74) is 0. The van der Waals surface area contributed by atoms with Crippen LogP contribution in [0, 0.1) is 17.8 Å². The maximum absolute atomic E-state index is 11.5. The van der Waals surface area contributed by atoms with Gasteiger partial charge in [0.05, 0.1) is 17.9 Å². The van der Waals surface area contributed by atoms with Gasteiger partial charge in [0.1, 0.15) is 0 Å². The van der Waals surface area contributed by atoms with E-state index < -0.39 is 11.9 Å². The zero-order valence-corrected chi connectivity index (χ0v) is 9.06. The van der Waals surface area contributed by atoms with Gasteiger partial charge in [0, 0.05) is 12.5 Å². The van der Waals surface area contributed by atoms with Crippen LogP contribution in [-0.4, -0.2) is 34.7 Å². The minimum absolute atomic E-state index is 0.144. The SMILES string of the molecule is O=C(O)C1CC1C(=O)NCC1CCCC1O. The first-order valence-corrected chi connectivity index (χ1v) is 5.78. The van der Waals surface area contributed by atoms with Crippen LogP contribution >= 0.6 is 0 Å². The van der Waals surface area contributed by atoms with Gasteiger partial charge in [0.25, 0.3) is 0 Å². The van der Waals surface area contributed by atoms with E-state index in [0.717, 1.165) is 19.3 Å². The Morgan fingerprint density at radius 1 is 1.25 bits per heavy atom. The quantitative estimate of drug-likeness (QED) is 0.630. The van der Waals surface area contributed by atoms with Gasteiger partial charge >= 0.3 is 5.97 Å². The molecule has 16 heavy (non-hydrogen) atoms. The van der Waals surface area contributed by atoms with E-state index >= 15 is 0 Å². The maximum atomic E-state index is 11.5. The lowest BCUT2D eigenvalue weighted by Gasteiger charge is -2.14. The lowest BCUT2D eigenvalue weighted by molar-refractivity contribution is -0.140. The number of carboxylic acid groups (broad SMARTS) is 1. The molecule has 0 aliphatic heterocycles. The van der Waals surface area contributed by atoms with Crippen molar-refractivity contribution in [1.29, 1.82) is 0 Å². The van der Waals surface area contributed by atoms with E-state index in [0.29, 0.717) is 13.0 Å². The number of carboxylic acids is 1. The summed E-state index contributed by atoms with van der Waals surface area (Å²) in [5.74, 6) is -1.76. The molecule has 0 bridgehead atoms. The monoisotopic (exact) mass is 227 g/mol. The standard InChI is InChI=1S/C11H17NO4/c13-9-3-1-2-6(9)5-12-10(14)7-4-8(7)11(15)16/h6-9,13H,1-5H2,(H,12,14)(H,15,16). The molecule has 3 N–H and O–H groups in total. The molecule has 0 aromatic carbocycles. The highest BCUT2D eigenvalue weighted by Gasteiger charge is 2.48. The number of nitrogens with one attached hydrogen (secondary N) is 1. The molecule has 2 fully saturated rings. The Morgan fingerprint density at radius 3 is 2.50 bits per heavy atom. The Morgan fingerprint density at radius 2 is 2.00 bits per heavy atom. The van der Waals surface area contributed by atoms with Crippen molar-refractivity contribution in [3.05, 3.63) is 0 Å². The number of carbonyl (C=O) groups excluding carboxylic acids is 1. The van der Waals surface area contributed by atoms with Gasteiger partial charge in [-0.3, -0.25) is 9.59 Å². The molecule has 0 heterocycles. The summed E-state index contributed by atoms with van der Waals surface area (Å²) < 4.78 is 0. The summed E-state index contributed by atoms with van der Waals surface area (Å²) in [6.45, 7) is 0.475. The predicted octanol–water partition coefficient (Wildman–Crippen LogP) is -0.0157. The zero-order valence-electron chi connectivity index (χ0n) is 9.06. The van der Waals surface area contributed by atoms with E-state index in [1.165, 1.54) is 0 Å². The molecule has 2 aliphatic carbocycles. The van der Waals surface area contributed by atoms with Crippen LogP contribution < -0.4 is 5.32 Å². The molecular formula is C11H17NO4. The van der Waals surface area contributed by atoms with Gasteiger partial charge in [-0.1, -0.05) is 6.42 Å². The van der Waals surface area contributed by atoms with Crippen molar-refractivity contribution in [3.8, 4) is 0 Å². The van der Waals surface area contributed by atoms with Crippen LogP contribution in [0.5, 0.6) is 0 Å². The van der Waals surface area contributed by atoms with E-state index in [1.54, 1.807) is 0 Å². The number of hydrogen-bond donors (Lipinski definition) is 3. The molecular weight excluding hydrogens is 210 g/mol. The number of rotatable bonds is 4. The Labute approximate surface area is 93.8 Å². The molecule has 2 saturated carbocycles. The molecule has 5 heteroatoms. The molecule has 0 radical (unpaired) electrons. The van der Waals surface area contributed by atoms with E-state index in [9.17, 15) is 14.7 Å². The smallest absolute Gasteiger partial charge is 0.307 e. The normalized spacial score (nSPS) is 37.1. The number of hydrogen-bond acceptors (Lipinski definition) is 3. The van der Waals surface area contributed by atoms with Crippen LogP contribution in [0.3, 0.4) is 0 Å². The first-order chi connectivity index (χ1) is 7.59. The van der Waals surface area contributed by atoms with E-state index in [2.05, 4.69) is 5.32 Å². The van der Waals surface area contributed by atoms with Crippen molar-refractivity contribution < 1.29 is 19.8 Å². The molecule has 2 rings (SSSR count). The lowest BCUT2D eigenvalue weighted by Crippen LogP contribution is -2.34. The second-order valence-corrected chi connectivity index (χ2v) is 4.79. The fraction of sp³-hybridized carbons (Fsp3) is 0.818. The highest BCUT2D eigenvalue weighted by atomic mass is 16.4. The van der Waals surface area contributed by atoms with Crippen molar-refractivity contribution in [2.24, 2.45) is 17.8 Å². The minimum Gasteiger partial charge on any atom is -0.481 e. The minimum atomic E-state index is -0.888. The first-order valence-electron chi connectivity index (χ1n) is 5.78. The summed E-state index contributed by atoms with van der Waals surface area (Å²) in [6.07, 6.45) is 2.89. The predicted molar refractivity (Wildman–Crippen MR) is 55.6 cm³/mol. The van der Waals surface area contributed by atoms with Gasteiger partial charge in [0.2, 0.25) is 5.91 Å². The van der Waals surface area contributed by atoms with Crippen molar-refractivity contribution >= 4 is 11.9 Å². The highest BCUT2D eigenvalue weighted by molar-refractivity contribution is 5.89. The van der Waals surface area contributed by atoms with Crippen molar-refractivity contribution in [3.63, 3.8) is 0 Å². The molecule has 4 unspecified atom stereocenters. The van der Waals surface area contributed by atoms with Crippen LogP contribution in [0.25, 0.3) is 0 Å². The summed E-state index contributed by atoms with van der Waals surface area (Å²) in [6, 6.07) is 0. The Kier molecular flexibility index (Phi) is 3.14.